The molecule has 0 aliphatic rings. The van der Waals surface area contributed by atoms with Crippen LogP contribution in [0.15, 0.2) is 40.7 Å². The molecule has 0 saturated carbocycles. The molecule has 2 N–H and O–H groups in total. The van der Waals surface area contributed by atoms with Gasteiger partial charge in [0.05, 0.1) is 24.2 Å². The van der Waals surface area contributed by atoms with E-state index in [4.69, 9.17) is 5.26 Å². The molecule has 1 aromatic heterocycles. The number of aliphatic imine (C=N–C) groups is 1. The van der Waals surface area contributed by atoms with Gasteiger partial charge in [-0.05, 0) is 43.5 Å². The van der Waals surface area contributed by atoms with Gasteiger partial charge in [-0.2, -0.15) is 5.26 Å². The summed E-state index contributed by atoms with van der Waals surface area (Å²) in [6.45, 7) is 4.91. The van der Waals surface area contributed by atoms with Gasteiger partial charge < -0.3 is 10.6 Å². The van der Waals surface area contributed by atoms with Crippen molar-refractivity contribution in [2.45, 2.75) is 26.4 Å². The van der Waals surface area contributed by atoms with Gasteiger partial charge in [-0.15, -0.1) is 11.3 Å². The Hall–Kier alpha value is -2.39. The zero-order valence-electron chi connectivity index (χ0n) is 13.1. The molecule has 1 atom stereocenters. The number of hydrogen-bond acceptors (Lipinski definition) is 3. The maximum Gasteiger partial charge on any atom is 0.192 e. The van der Waals surface area contributed by atoms with Crippen LogP contribution in [0.25, 0.3) is 0 Å². The number of halogens is 1. The van der Waals surface area contributed by atoms with Crippen LogP contribution >= 0.6 is 11.3 Å². The molecule has 0 saturated heterocycles. The average molecular weight is 330 g/mol. The molecular weight excluding hydrogens is 311 g/mol. The Morgan fingerprint density at radius 2 is 2.26 bits per heavy atom. The zero-order chi connectivity index (χ0) is 16.7. The summed E-state index contributed by atoms with van der Waals surface area (Å²) in [4.78, 5) is 5.62. The first-order chi connectivity index (χ1) is 11.1. The average Bonchev–Trinajstić information content (AvgIpc) is 3.08. The van der Waals surface area contributed by atoms with E-state index in [0.717, 1.165) is 0 Å². The number of nitriles is 1. The third-order valence-electron chi connectivity index (χ3n) is 3.25. The third-order valence-corrected chi connectivity index (χ3v) is 4.30. The van der Waals surface area contributed by atoms with Crippen molar-refractivity contribution >= 4 is 17.3 Å². The first-order valence-electron chi connectivity index (χ1n) is 7.40. The molecule has 23 heavy (non-hydrogen) atoms. The summed E-state index contributed by atoms with van der Waals surface area (Å²) in [7, 11) is 0. The van der Waals surface area contributed by atoms with Crippen molar-refractivity contribution in [2.75, 3.05) is 6.54 Å². The van der Waals surface area contributed by atoms with Crippen LogP contribution in [0.3, 0.4) is 0 Å². The molecule has 0 spiro atoms. The molecule has 6 heteroatoms. The van der Waals surface area contributed by atoms with Gasteiger partial charge in [-0.3, -0.25) is 0 Å². The summed E-state index contributed by atoms with van der Waals surface area (Å²) < 4.78 is 13.8. The molecule has 0 aliphatic carbocycles. The number of benzene rings is 1. The number of thiophene rings is 1. The highest BCUT2D eigenvalue weighted by Gasteiger charge is 2.09. The predicted octanol–water partition coefficient (Wildman–Crippen LogP) is 3.58. The van der Waals surface area contributed by atoms with Crippen LogP contribution in [0.1, 0.15) is 35.9 Å². The molecule has 0 bridgehead atoms. The molecule has 0 radical (unpaired) electrons. The normalized spacial score (nSPS) is 12.5. The molecule has 0 fully saturated rings. The number of guanidine groups is 1. The van der Waals surface area contributed by atoms with E-state index in [1.807, 2.05) is 24.4 Å². The molecule has 4 nitrogen and oxygen atoms in total. The van der Waals surface area contributed by atoms with E-state index in [1.165, 1.54) is 23.1 Å². The minimum absolute atomic E-state index is 0.114. The predicted molar refractivity (Wildman–Crippen MR) is 91.8 cm³/mol. The van der Waals surface area contributed by atoms with Gasteiger partial charge >= 0.3 is 0 Å². The summed E-state index contributed by atoms with van der Waals surface area (Å²) in [6.07, 6.45) is 0. The maximum absolute atomic E-state index is 13.8. The molecule has 120 valence electrons. The van der Waals surface area contributed by atoms with Gasteiger partial charge in [-0.25, -0.2) is 9.38 Å². The summed E-state index contributed by atoms with van der Waals surface area (Å²) in [5.41, 5.74) is 0.839. The van der Waals surface area contributed by atoms with E-state index in [-0.39, 0.29) is 18.4 Å². The Labute approximate surface area is 139 Å². The largest absolute Gasteiger partial charge is 0.357 e. The molecular formula is C17H19FN4S. The summed E-state index contributed by atoms with van der Waals surface area (Å²) in [6, 6.07) is 10.5. The van der Waals surface area contributed by atoms with Crippen LogP contribution in [0.2, 0.25) is 0 Å². The van der Waals surface area contributed by atoms with E-state index in [0.29, 0.717) is 23.6 Å². The van der Waals surface area contributed by atoms with Crippen molar-refractivity contribution < 1.29 is 4.39 Å². The number of nitrogens with zero attached hydrogens (tertiary/aromatic N) is 2. The quantitative estimate of drug-likeness (QED) is 0.651. The van der Waals surface area contributed by atoms with Crippen LogP contribution in [-0.2, 0) is 6.54 Å². The first-order valence-corrected chi connectivity index (χ1v) is 8.28. The third kappa shape index (κ3) is 4.80. The molecule has 2 rings (SSSR count). The number of hydrogen-bond donors (Lipinski definition) is 2. The smallest absolute Gasteiger partial charge is 0.192 e. The minimum atomic E-state index is -0.352. The zero-order valence-corrected chi connectivity index (χ0v) is 14.0. The fourth-order valence-electron chi connectivity index (χ4n) is 2.06. The molecule has 1 aromatic carbocycles. The standard InChI is InChI=1S/C17H19FN4S/c1-3-20-17(22-12(2)16-5-4-8-23-16)21-11-14-9-13(10-19)6-7-15(14)18/h4-9,12H,3,11H2,1-2H3,(H2,20,21,22). The van der Waals surface area contributed by atoms with Crippen molar-refractivity contribution in [1.82, 2.24) is 10.6 Å². The second kappa shape index (κ2) is 8.30. The van der Waals surface area contributed by atoms with Gasteiger partial charge in [0, 0.05) is 17.0 Å². The van der Waals surface area contributed by atoms with Gasteiger partial charge in [0.2, 0.25) is 0 Å². The Morgan fingerprint density at radius 3 is 2.91 bits per heavy atom. The topological polar surface area (TPSA) is 60.2 Å². The SMILES string of the molecule is CCNC(=NCc1cc(C#N)ccc1F)NC(C)c1cccs1. The minimum Gasteiger partial charge on any atom is -0.357 e. The fraction of sp³-hybridized carbons (Fsp3) is 0.294. The fourth-order valence-corrected chi connectivity index (χ4v) is 2.80. The second-order valence-electron chi connectivity index (χ2n) is 4.99. The Kier molecular flexibility index (Phi) is 6.12. The van der Waals surface area contributed by atoms with Crippen molar-refractivity contribution in [1.29, 1.82) is 5.26 Å². The number of rotatable bonds is 5. The van der Waals surface area contributed by atoms with E-state index >= 15 is 0 Å². The summed E-state index contributed by atoms with van der Waals surface area (Å²) in [5, 5.41) is 17.4. The summed E-state index contributed by atoms with van der Waals surface area (Å²) >= 11 is 1.67. The van der Waals surface area contributed by atoms with Crippen molar-refractivity contribution in [2.24, 2.45) is 4.99 Å². The van der Waals surface area contributed by atoms with Crippen LogP contribution < -0.4 is 10.6 Å². The van der Waals surface area contributed by atoms with Gasteiger partial charge in [-0.1, -0.05) is 6.07 Å². The molecule has 0 aliphatic heterocycles. The van der Waals surface area contributed by atoms with Gasteiger partial charge in [0.25, 0.3) is 0 Å². The highest BCUT2D eigenvalue weighted by Crippen LogP contribution is 2.18. The van der Waals surface area contributed by atoms with Crippen LogP contribution in [0.4, 0.5) is 4.39 Å². The Balaban J connectivity index is 2.11. The van der Waals surface area contributed by atoms with Gasteiger partial charge in [0.15, 0.2) is 5.96 Å². The molecule has 2 aromatic rings. The highest BCUT2D eigenvalue weighted by molar-refractivity contribution is 7.10. The maximum atomic E-state index is 13.8. The lowest BCUT2D eigenvalue weighted by Gasteiger charge is -2.16. The van der Waals surface area contributed by atoms with Crippen molar-refractivity contribution in [3.05, 3.63) is 57.5 Å². The van der Waals surface area contributed by atoms with E-state index < -0.39 is 0 Å². The lowest BCUT2D eigenvalue weighted by Crippen LogP contribution is -2.38. The van der Waals surface area contributed by atoms with Crippen LogP contribution in [0, 0.1) is 17.1 Å². The Morgan fingerprint density at radius 1 is 1.43 bits per heavy atom. The van der Waals surface area contributed by atoms with Crippen molar-refractivity contribution in [3.63, 3.8) is 0 Å². The number of nitrogens with one attached hydrogen (secondary N) is 2. The van der Waals surface area contributed by atoms with E-state index in [9.17, 15) is 4.39 Å². The monoisotopic (exact) mass is 330 g/mol. The second-order valence-corrected chi connectivity index (χ2v) is 5.97. The van der Waals surface area contributed by atoms with Gasteiger partial charge in [0.1, 0.15) is 5.82 Å². The molecule has 0 amide bonds. The summed E-state index contributed by atoms with van der Waals surface area (Å²) in [5.74, 6) is 0.269. The van der Waals surface area contributed by atoms with E-state index in [2.05, 4.69) is 28.6 Å². The Bertz CT molecular complexity index is 704. The van der Waals surface area contributed by atoms with Crippen LogP contribution in [-0.4, -0.2) is 12.5 Å². The van der Waals surface area contributed by atoms with E-state index in [1.54, 1.807) is 11.3 Å². The van der Waals surface area contributed by atoms with Crippen LogP contribution in [0.5, 0.6) is 0 Å². The lowest BCUT2D eigenvalue weighted by atomic mass is 10.1. The molecule has 1 unspecified atom stereocenters. The van der Waals surface area contributed by atoms with Crippen molar-refractivity contribution in [3.8, 4) is 6.07 Å². The first kappa shape index (κ1) is 17.0. The lowest BCUT2D eigenvalue weighted by molar-refractivity contribution is 0.609. The highest BCUT2D eigenvalue weighted by atomic mass is 32.1. The molecule has 1 heterocycles.